The van der Waals surface area contributed by atoms with Gasteiger partial charge in [-0.1, -0.05) is 0 Å². The monoisotopic (exact) mass is 268 g/mol. The molecule has 102 valence electrons. The maximum absolute atomic E-state index is 11.3. The molecule has 0 saturated heterocycles. The molecule has 0 spiro atoms. The minimum Gasteiger partial charge on any atom is -0.480 e. The lowest BCUT2D eigenvalue weighted by molar-refractivity contribution is -0.385. The summed E-state index contributed by atoms with van der Waals surface area (Å²) in [7, 11) is 1.40. The molecule has 9 nitrogen and oxygen atoms in total. The van der Waals surface area contributed by atoms with Crippen LogP contribution >= 0.6 is 0 Å². The summed E-state index contributed by atoms with van der Waals surface area (Å²) in [5.41, 5.74) is 4.52. The fourth-order valence-electron chi connectivity index (χ4n) is 1.36. The molecule has 19 heavy (non-hydrogen) atoms. The predicted octanol–water partition coefficient (Wildman–Crippen LogP) is -0.00200. The Morgan fingerprint density at radius 3 is 2.58 bits per heavy atom. The van der Waals surface area contributed by atoms with Gasteiger partial charge in [-0.05, 0) is 6.92 Å². The number of pyridine rings is 1. The van der Waals surface area contributed by atoms with Crippen molar-refractivity contribution in [2.24, 2.45) is 5.73 Å². The van der Waals surface area contributed by atoms with Gasteiger partial charge < -0.3 is 15.7 Å². The van der Waals surface area contributed by atoms with Crippen LogP contribution in [0.1, 0.15) is 17.3 Å². The Labute approximate surface area is 107 Å². The lowest BCUT2D eigenvalue weighted by atomic mass is 10.2. The highest BCUT2D eigenvalue weighted by Crippen LogP contribution is 2.22. The van der Waals surface area contributed by atoms with E-state index in [-0.39, 0.29) is 11.4 Å². The van der Waals surface area contributed by atoms with Crippen molar-refractivity contribution in [1.82, 2.24) is 4.98 Å². The number of nitrogens with two attached hydrogens (primary N) is 1. The molecule has 1 aromatic rings. The Balaban J connectivity index is 3.31. The molecule has 0 radical (unpaired) electrons. The topological polar surface area (TPSA) is 140 Å². The number of carboxylic acid groups (broad SMARTS) is 1. The first-order valence-electron chi connectivity index (χ1n) is 5.15. The molecule has 0 saturated carbocycles. The van der Waals surface area contributed by atoms with Crippen molar-refractivity contribution in [3.8, 4) is 0 Å². The smallest absolute Gasteiger partial charge is 0.326 e. The summed E-state index contributed by atoms with van der Waals surface area (Å²) in [6, 6.07) is 0.00230. The van der Waals surface area contributed by atoms with E-state index in [1.807, 2.05) is 0 Å². The minimum absolute atomic E-state index is 0.0204. The normalized spacial score (nSPS) is 11.7. The Morgan fingerprint density at radius 2 is 2.16 bits per heavy atom. The van der Waals surface area contributed by atoms with Gasteiger partial charge in [-0.3, -0.25) is 14.9 Å². The van der Waals surface area contributed by atoms with Crippen molar-refractivity contribution >= 4 is 23.4 Å². The summed E-state index contributed by atoms with van der Waals surface area (Å²) in [6.45, 7) is 1.39. The van der Waals surface area contributed by atoms with Gasteiger partial charge in [0.05, 0.1) is 10.5 Å². The Hall–Kier alpha value is -2.71. The summed E-state index contributed by atoms with van der Waals surface area (Å²) < 4.78 is 0. The van der Waals surface area contributed by atoms with Crippen molar-refractivity contribution in [2.45, 2.75) is 13.0 Å². The van der Waals surface area contributed by atoms with Crippen molar-refractivity contribution in [2.75, 3.05) is 11.9 Å². The second-order valence-electron chi connectivity index (χ2n) is 3.81. The van der Waals surface area contributed by atoms with Crippen LogP contribution in [0.3, 0.4) is 0 Å². The molecule has 1 heterocycles. The molecule has 9 heteroatoms. The SMILES string of the molecule is CC(C(=O)O)N(C)c1ncc([N+](=O)[O-])cc1C(N)=O. The molecule has 3 N–H and O–H groups in total. The van der Waals surface area contributed by atoms with Crippen LogP contribution < -0.4 is 10.6 Å². The second-order valence-corrected chi connectivity index (χ2v) is 3.81. The number of hydrogen-bond donors (Lipinski definition) is 2. The highest BCUT2D eigenvalue weighted by atomic mass is 16.6. The number of hydrogen-bond acceptors (Lipinski definition) is 6. The van der Waals surface area contributed by atoms with Crippen LogP contribution in [0.25, 0.3) is 0 Å². The third-order valence-corrected chi connectivity index (χ3v) is 2.60. The minimum atomic E-state index is -1.13. The number of aliphatic carboxylic acids is 1. The Bertz CT molecular complexity index is 545. The van der Waals surface area contributed by atoms with Crippen LogP contribution in [0.5, 0.6) is 0 Å². The molecular weight excluding hydrogens is 256 g/mol. The van der Waals surface area contributed by atoms with E-state index in [0.29, 0.717) is 0 Å². The third kappa shape index (κ3) is 2.94. The first-order valence-corrected chi connectivity index (χ1v) is 5.15. The van der Waals surface area contributed by atoms with Gasteiger partial charge in [0.25, 0.3) is 11.6 Å². The van der Waals surface area contributed by atoms with Gasteiger partial charge in [0.1, 0.15) is 18.1 Å². The highest BCUT2D eigenvalue weighted by molar-refractivity contribution is 5.98. The lowest BCUT2D eigenvalue weighted by Crippen LogP contribution is -2.37. The number of carbonyl (C=O) groups is 2. The van der Waals surface area contributed by atoms with Crippen LogP contribution in [0, 0.1) is 10.1 Å². The van der Waals surface area contributed by atoms with Gasteiger partial charge in [0, 0.05) is 13.1 Å². The van der Waals surface area contributed by atoms with Gasteiger partial charge in [0.2, 0.25) is 0 Å². The zero-order valence-corrected chi connectivity index (χ0v) is 10.2. The summed E-state index contributed by atoms with van der Waals surface area (Å²) in [4.78, 5) is 37.0. The van der Waals surface area contributed by atoms with Crippen LogP contribution in [-0.4, -0.2) is 40.0 Å². The Kier molecular flexibility index (Phi) is 4.00. The fraction of sp³-hybridized carbons (Fsp3) is 0.300. The number of anilines is 1. The largest absolute Gasteiger partial charge is 0.480 e. The number of rotatable bonds is 5. The quantitative estimate of drug-likeness (QED) is 0.565. The van der Waals surface area contributed by atoms with E-state index in [1.54, 1.807) is 0 Å². The predicted molar refractivity (Wildman–Crippen MR) is 64.9 cm³/mol. The first kappa shape index (κ1) is 14.4. The molecular formula is C10H12N4O5. The second kappa shape index (κ2) is 5.29. The average Bonchev–Trinajstić information content (AvgIpc) is 2.35. The van der Waals surface area contributed by atoms with E-state index < -0.39 is 28.5 Å². The maximum Gasteiger partial charge on any atom is 0.326 e. The number of primary amides is 1. The third-order valence-electron chi connectivity index (χ3n) is 2.60. The van der Waals surface area contributed by atoms with E-state index in [2.05, 4.69) is 4.98 Å². The zero-order valence-electron chi connectivity index (χ0n) is 10.2. The zero-order chi connectivity index (χ0) is 14.7. The van der Waals surface area contributed by atoms with E-state index in [1.165, 1.54) is 18.9 Å². The maximum atomic E-state index is 11.3. The number of likely N-dealkylation sites (N-methyl/N-ethyl adjacent to an activating group) is 1. The van der Waals surface area contributed by atoms with Gasteiger partial charge >= 0.3 is 5.97 Å². The molecule has 1 unspecified atom stereocenters. The Morgan fingerprint density at radius 1 is 1.58 bits per heavy atom. The van der Waals surface area contributed by atoms with Crippen molar-refractivity contribution in [1.29, 1.82) is 0 Å². The van der Waals surface area contributed by atoms with Gasteiger partial charge in [-0.2, -0.15) is 0 Å². The molecule has 1 amide bonds. The van der Waals surface area contributed by atoms with Crippen molar-refractivity contribution < 1.29 is 19.6 Å². The van der Waals surface area contributed by atoms with Gasteiger partial charge in [-0.15, -0.1) is 0 Å². The van der Waals surface area contributed by atoms with Crippen LogP contribution in [0.15, 0.2) is 12.3 Å². The fourth-order valence-corrected chi connectivity index (χ4v) is 1.36. The van der Waals surface area contributed by atoms with Gasteiger partial charge in [-0.25, -0.2) is 9.78 Å². The van der Waals surface area contributed by atoms with Crippen LogP contribution in [0.2, 0.25) is 0 Å². The summed E-state index contributed by atoms with van der Waals surface area (Å²) in [5, 5.41) is 19.5. The number of carbonyl (C=O) groups excluding carboxylic acids is 1. The molecule has 0 aliphatic carbocycles. The first-order chi connectivity index (χ1) is 8.75. The molecule has 1 rings (SSSR count). The average molecular weight is 268 g/mol. The summed E-state index contributed by atoms with van der Waals surface area (Å²) >= 11 is 0. The number of nitrogens with zero attached hydrogens (tertiary/aromatic N) is 3. The standard InChI is InChI=1S/C10H12N4O5/c1-5(10(16)17)13(2)9-7(8(11)15)3-6(4-12-9)14(18)19/h3-5H,1-2H3,(H2,11,15)(H,16,17). The van der Waals surface area contributed by atoms with E-state index in [0.717, 1.165) is 12.3 Å². The molecule has 1 atom stereocenters. The number of aromatic nitrogens is 1. The molecule has 0 bridgehead atoms. The number of amides is 1. The molecule has 1 aromatic heterocycles. The van der Waals surface area contributed by atoms with Crippen molar-refractivity contribution in [3.05, 3.63) is 27.9 Å². The molecule has 0 aliphatic rings. The van der Waals surface area contributed by atoms with Crippen LogP contribution in [0.4, 0.5) is 11.5 Å². The van der Waals surface area contributed by atoms with E-state index in [9.17, 15) is 19.7 Å². The van der Waals surface area contributed by atoms with Crippen LogP contribution in [-0.2, 0) is 4.79 Å². The highest BCUT2D eigenvalue weighted by Gasteiger charge is 2.24. The molecule has 0 aromatic carbocycles. The number of nitro groups is 1. The van der Waals surface area contributed by atoms with Crippen molar-refractivity contribution in [3.63, 3.8) is 0 Å². The molecule has 0 aliphatic heterocycles. The molecule has 0 fully saturated rings. The number of carboxylic acids is 1. The summed E-state index contributed by atoms with van der Waals surface area (Å²) in [6.07, 6.45) is 0.937. The van der Waals surface area contributed by atoms with Gasteiger partial charge in [0.15, 0.2) is 0 Å². The lowest BCUT2D eigenvalue weighted by Gasteiger charge is -2.23. The van der Waals surface area contributed by atoms with E-state index >= 15 is 0 Å². The van der Waals surface area contributed by atoms with E-state index in [4.69, 9.17) is 10.8 Å². The summed E-state index contributed by atoms with van der Waals surface area (Å²) in [5.74, 6) is -2.07.